The molecule has 208 valence electrons. The molecule has 1 aromatic carbocycles. The van der Waals surface area contributed by atoms with Crippen LogP contribution in [0.15, 0.2) is 55.2 Å². The van der Waals surface area contributed by atoms with Crippen LogP contribution < -0.4 is 10.6 Å². The second-order valence-corrected chi connectivity index (χ2v) is 9.98. The van der Waals surface area contributed by atoms with Gasteiger partial charge in [-0.15, -0.1) is 0 Å². The van der Waals surface area contributed by atoms with Crippen molar-refractivity contribution in [2.45, 2.75) is 39.0 Å². The minimum absolute atomic E-state index is 0.0573. The molecule has 10 nitrogen and oxygen atoms in total. The Morgan fingerprint density at radius 1 is 0.975 bits per heavy atom. The molecule has 1 atom stereocenters. The number of hydrogen-bond acceptors (Lipinski definition) is 7. The molecule has 1 aliphatic rings. The van der Waals surface area contributed by atoms with Crippen LogP contribution in [0, 0.1) is 5.92 Å². The molecular formula is C27H27F3N8O2. The van der Waals surface area contributed by atoms with Crippen molar-refractivity contribution in [1.82, 2.24) is 34.7 Å². The summed E-state index contributed by atoms with van der Waals surface area (Å²) in [6.07, 6.45) is 1.75. The number of anilines is 2. The number of rotatable bonds is 7. The van der Waals surface area contributed by atoms with Gasteiger partial charge in [0.1, 0.15) is 17.0 Å². The van der Waals surface area contributed by atoms with Crippen LogP contribution in [0.1, 0.15) is 54.6 Å². The Kier molecular flexibility index (Phi) is 7.13. The normalized spacial score (nSPS) is 14.7. The first kappa shape index (κ1) is 27.0. The molecule has 0 saturated carbocycles. The predicted octanol–water partition coefficient (Wildman–Crippen LogP) is 4.51. The zero-order valence-electron chi connectivity index (χ0n) is 22.0. The molecule has 0 unspecified atom stereocenters. The third-order valence-corrected chi connectivity index (χ3v) is 6.70. The molecule has 5 rings (SSSR count). The summed E-state index contributed by atoms with van der Waals surface area (Å²) < 4.78 is 40.2. The van der Waals surface area contributed by atoms with Gasteiger partial charge < -0.3 is 20.1 Å². The van der Waals surface area contributed by atoms with Gasteiger partial charge in [-0.2, -0.15) is 13.2 Å². The summed E-state index contributed by atoms with van der Waals surface area (Å²) in [5.41, 5.74) is 1.80. The molecule has 3 aromatic heterocycles. The number of nitrogens with zero attached hydrogens (tertiary/aromatic N) is 6. The highest BCUT2D eigenvalue weighted by Gasteiger charge is 2.34. The van der Waals surface area contributed by atoms with Gasteiger partial charge in [-0.3, -0.25) is 14.6 Å². The Morgan fingerprint density at radius 3 is 2.33 bits per heavy atom. The fraction of sp³-hybridized carbons (Fsp3) is 0.333. The third-order valence-electron chi connectivity index (χ3n) is 6.70. The number of amides is 2. The molecule has 2 amide bonds. The first-order chi connectivity index (χ1) is 19.0. The second-order valence-electron chi connectivity index (χ2n) is 9.98. The molecule has 0 radical (unpaired) electrons. The number of benzene rings is 1. The van der Waals surface area contributed by atoms with E-state index in [4.69, 9.17) is 0 Å². The van der Waals surface area contributed by atoms with Crippen molar-refractivity contribution in [3.05, 3.63) is 72.2 Å². The van der Waals surface area contributed by atoms with Gasteiger partial charge in [-0.25, -0.2) is 15.0 Å². The fourth-order valence-electron chi connectivity index (χ4n) is 4.38. The SMILES string of the molecule is CC(C)C(=O)N1CC(n2cnc3cnc(C(=O)N[C@H](C)c4cnc(Nc5ccc(C(F)(F)F)cc5)cn4)cc32)C1. The van der Waals surface area contributed by atoms with Crippen molar-refractivity contribution in [2.75, 3.05) is 18.4 Å². The molecule has 40 heavy (non-hydrogen) atoms. The Balaban J connectivity index is 1.21. The maximum Gasteiger partial charge on any atom is 0.416 e. The molecule has 1 aliphatic heterocycles. The highest BCUT2D eigenvalue weighted by molar-refractivity contribution is 5.95. The Labute approximate surface area is 227 Å². The van der Waals surface area contributed by atoms with Crippen LogP contribution in [0.4, 0.5) is 24.7 Å². The lowest BCUT2D eigenvalue weighted by molar-refractivity contribution is -0.140. The largest absolute Gasteiger partial charge is 0.416 e. The Bertz CT molecular complexity index is 1530. The van der Waals surface area contributed by atoms with E-state index in [0.29, 0.717) is 35.8 Å². The van der Waals surface area contributed by atoms with Crippen LogP contribution in [0.2, 0.25) is 0 Å². The summed E-state index contributed by atoms with van der Waals surface area (Å²) in [6.45, 7) is 6.68. The highest BCUT2D eigenvalue weighted by atomic mass is 19.4. The number of fused-ring (bicyclic) bond motifs is 1. The quantitative estimate of drug-likeness (QED) is 0.346. The second kappa shape index (κ2) is 10.5. The number of hydrogen-bond donors (Lipinski definition) is 2. The maximum absolute atomic E-state index is 13.0. The molecule has 0 bridgehead atoms. The highest BCUT2D eigenvalue weighted by Crippen LogP contribution is 2.30. The summed E-state index contributed by atoms with van der Waals surface area (Å²) in [7, 11) is 0. The average Bonchev–Trinajstić information content (AvgIpc) is 3.30. The summed E-state index contributed by atoms with van der Waals surface area (Å²) in [6, 6.07) is 5.84. The van der Waals surface area contributed by atoms with Gasteiger partial charge in [-0.1, -0.05) is 13.8 Å². The minimum Gasteiger partial charge on any atom is -0.343 e. The van der Waals surface area contributed by atoms with E-state index in [9.17, 15) is 22.8 Å². The van der Waals surface area contributed by atoms with Crippen molar-refractivity contribution in [1.29, 1.82) is 0 Å². The summed E-state index contributed by atoms with van der Waals surface area (Å²) in [5.74, 6) is -0.00532. The van der Waals surface area contributed by atoms with Crippen LogP contribution in [0.3, 0.4) is 0 Å². The zero-order chi connectivity index (χ0) is 28.6. The molecule has 13 heteroatoms. The predicted molar refractivity (Wildman–Crippen MR) is 141 cm³/mol. The monoisotopic (exact) mass is 552 g/mol. The first-order valence-electron chi connectivity index (χ1n) is 12.7. The van der Waals surface area contributed by atoms with E-state index >= 15 is 0 Å². The van der Waals surface area contributed by atoms with Gasteiger partial charge in [0.2, 0.25) is 5.91 Å². The van der Waals surface area contributed by atoms with Crippen LogP contribution in [-0.4, -0.2) is 54.3 Å². The van der Waals surface area contributed by atoms with E-state index in [1.807, 2.05) is 23.3 Å². The molecule has 2 N–H and O–H groups in total. The van der Waals surface area contributed by atoms with Crippen LogP contribution in [0.25, 0.3) is 11.0 Å². The Morgan fingerprint density at radius 2 is 1.70 bits per heavy atom. The number of nitrogens with one attached hydrogen (secondary N) is 2. The molecular weight excluding hydrogens is 525 g/mol. The van der Waals surface area contributed by atoms with E-state index in [0.717, 1.165) is 17.6 Å². The van der Waals surface area contributed by atoms with Crippen molar-refractivity contribution in [3.63, 3.8) is 0 Å². The van der Waals surface area contributed by atoms with Crippen molar-refractivity contribution in [2.24, 2.45) is 5.92 Å². The number of halogens is 3. The lowest BCUT2D eigenvalue weighted by Gasteiger charge is -2.41. The van der Waals surface area contributed by atoms with E-state index in [-0.39, 0.29) is 23.6 Å². The van der Waals surface area contributed by atoms with Gasteiger partial charge in [-0.05, 0) is 37.3 Å². The number of likely N-dealkylation sites (tertiary alicyclic amines) is 1. The number of carbonyl (C=O) groups excluding carboxylic acids is 2. The summed E-state index contributed by atoms with van der Waals surface area (Å²) >= 11 is 0. The maximum atomic E-state index is 13.0. The van der Waals surface area contributed by atoms with Crippen LogP contribution >= 0.6 is 0 Å². The first-order valence-corrected chi connectivity index (χ1v) is 12.7. The lowest BCUT2D eigenvalue weighted by Crippen LogP contribution is -2.51. The number of alkyl halides is 3. The minimum atomic E-state index is -4.41. The molecule has 0 spiro atoms. The summed E-state index contributed by atoms with van der Waals surface area (Å²) in [5, 5.41) is 5.76. The molecule has 1 saturated heterocycles. The van der Waals surface area contributed by atoms with Crippen molar-refractivity contribution in [3.8, 4) is 0 Å². The van der Waals surface area contributed by atoms with E-state index in [1.54, 1.807) is 25.5 Å². The summed E-state index contributed by atoms with van der Waals surface area (Å²) in [4.78, 5) is 44.2. The van der Waals surface area contributed by atoms with Crippen molar-refractivity contribution < 1.29 is 22.8 Å². The molecule has 4 aromatic rings. The van der Waals surface area contributed by atoms with Gasteiger partial charge >= 0.3 is 6.18 Å². The number of imidazole rings is 1. The fourth-order valence-corrected chi connectivity index (χ4v) is 4.38. The average molecular weight is 553 g/mol. The molecule has 1 fully saturated rings. The van der Waals surface area contributed by atoms with Gasteiger partial charge in [0.05, 0.1) is 53.8 Å². The van der Waals surface area contributed by atoms with Crippen LogP contribution in [-0.2, 0) is 11.0 Å². The number of carbonyl (C=O) groups is 2. The molecule has 0 aliphatic carbocycles. The van der Waals surface area contributed by atoms with Crippen molar-refractivity contribution >= 4 is 34.4 Å². The molecule has 4 heterocycles. The van der Waals surface area contributed by atoms with E-state index in [1.165, 1.54) is 24.5 Å². The van der Waals surface area contributed by atoms with Gasteiger partial charge in [0.25, 0.3) is 5.91 Å². The van der Waals surface area contributed by atoms with Crippen LogP contribution in [0.5, 0.6) is 0 Å². The lowest BCUT2D eigenvalue weighted by atomic mass is 10.1. The van der Waals surface area contributed by atoms with E-state index in [2.05, 4.69) is 30.6 Å². The Hall–Kier alpha value is -4.55. The van der Waals surface area contributed by atoms with Gasteiger partial charge in [0.15, 0.2) is 0 Å². The standard InChI is InChI=1S/C27H27F3N8O2/c1-15(2)26(40)37-12-19(13-37)38-14-34-22-10-31-20(8-23(22)38)25(39)35-16(3)21-9-33-24(11-32-21)36-18-6-4-17(5-7-18)27(28,29)30/h4-11,14-16,19H,12-13H2,1-3H3,(H,33,36)(H,35,39)/t16-/m1/s1. The zero-order valence-corrected chi connectivity index (χ0v) is 22.0. The number of aromatic nitrogens is 5. The topological polar surface area (TPSA) is 118 Å². The third kappa shape index (κ3) is 5.58. The van der Waals surface area contributed by atoms with Gasteiger partial charge in [0, 0.05) is 24.7 Å². The van der Waals surface area contributed by atoms with E-state index < -0.39 is 23.7 Å². The number of pyridine rings is 1. The smallest absolute Gasteiger partial charge is 0.343 e.